The normalized spacial score (nSPS) is 23.2. The van der Waals surface area contributed by atoms with Crippen molar-refractivity contribution in [1.29, 1.82) is 0 Å². The van der Waals surface area contributed by atoms with Gasteiger partial charge in [0.1, 0.15) is 4.90 Å². The minimum atomic E-state index is -3.58. The number of hydrogen-bond acceptors (Lipinski definition) is 4. The molecule has 2 fully saturated rings. The molecular formula is C17H21N3O3S. The topological polar surface area (TPSA) is 70.1 Å². The van der Waals surface area contributed by atoms with Crippen LogP contribution in [0.1, 0.15) is 31.2 Å². The van der Waals surface area contributed by atoms with Gasteiger partial charge in [0, 0.05) is 37.7 Å². The van der Waals surface area contributed by atoms with E-state index in [-0.39, 0.29) is 16.7 Å². The summed E-state index contributed by atoms with van der Waals surface area (Å²) in [5.41, 5.74) is 0.674. The van der Waals surface area contributed by atoms with Crippen LogP contribution >= 0.6 is 0 Å². The maximum Gasteiger partial charge on any atom is 0.285 e. The number of benzene rings is 1. The molecule has 1 aromatic rings. The third-order valence-corrected chi connectivity index (χ3v) is 6.53. The fraction of sp³-hybridized carbons (Fsp3) is 0.529. The highest BCUT2D eigenvalue weighted by Gasteiger charge is 2.34. The Bertz CT molecular complexity index is 789. The zero-order chi connectivity index (χ0) is 16.7. The predicted molar refractivity (Wildman–Crippen MR) is 90.3 cm³/mol. The molecule has 2 aliphatic heterocycles. The summed E-state index contributed by atoms with van der Waals surface area (Å²) in [4.78, 5) is 16.7. The molecule has 0 N–H and O–H groups in total. The van der Waals surface area contributed by atoms with Crippen molar-refractivity contribution in [2.24, 2.45) is 10.3 Å². The lowest BCUT2D eigenvalue weighted by Crippen LogP contribution is -2.51. The second-order valence-electron chi connectivity index (χ2n) is 6.68. The number of piperazine rings is 1. The lowest BCUT2D eigenvalue weighted by atomic mass is 10.1. The van der Waals surface area contributed by atoms with Crippen LogP contribution in [0.4, 0.5) is 0 Å². The van der Waals surface area contributed by atoms with Crippen LogP contribution in [0.25, 0.3) is 0 Å². The first-order valence-corrected chi connectivity index (χ1v) is 9.98. The van der Waals surface area contributed by atoms with E-state index in [1.54, 1.807) is 18.2 Å². The summed E-state index contributed by atoms with van der Waals surface area (Å²) in [5.74, 6) is 0.994. The molecule has 0 bridgehead atoms. The zero-order valence-electron chi connectivity index (χ0n) is 13.5. The summed E-state index contributed by atoms with van der Waals surface area (Å²) in [6, 6.07) is 6.94. The van der Waals surface area contributed by atoms with E-state index in [1.165, 1.54) is 0 Å². The maximum absolute atomic E-state index is 12.5. The number of nitrogens with zero attached hydrogens (tertiary/aromatic N) is 3. The molecule has 0 unspecified atom stereocenters. The molecule has 0 spiro atoms. The Labute approximate surface area is 142 Å². The van der Waals surface area contributed by atoms with E-state index < -0.39 is 10.0 Å². The first kappa shape index (κ1) is 15.6. The predicted octanol–water partition coefficient (Wildman–Crippen LogP) is 1.47. The van der Waals surface area contributed by atoms with Crippen LogP contribution in [0, 0.1) is 5.92 Å². The number of sulfonamides is 1. The van der Waals surface area contributed by atoms with Crippen molar-refractivity contribution >= 4 is 21.8 Å². The first-order chi connectivity index (χ1) is 11.6. The molecule has 128 valence electrons. The Kier molecular flexibility index (Phi) is 3.83. The van der Waals surface area contributed by atoms with Gasteiger partial charge in [-0.3, -0.25) is 4.79 Å². The van der Waals surface area contributed by atoms with Crippen LogP contribution in [-0.2, 0) is 14.8 Å². The lowest BCUT2D eigenvalue weighted by Gasteiger charge is -2.36. The average molecular weight is 347 g/mol. The van der Waals surface area contributed by atoms with E-state index in [2.05, 4.69) is 4.40 Å². The number of amides is 1. The van der Waals surface area contributed by atoms with Crippen LogP contribution in [0.3, 0.4) is 0 Å². The van der Waals surface area contributed by atoms with Gasteiger partial charge >= 0.3 is 0 Å². The molecule has 0 aromatic heterocycles. The van der Waals surface area contributed by atoms with E-state index in [0.29, 0.717) is 37.6 Å². The van der Waals surface area contributed by atoms with Gasteiger partial charge in [0.25, 0.3) is 10.0 Å². The third-order valence-electron chi connectivity index (χ3n) is 5.21. The Balaban J connectivity index is 1.48. The molecule has 0 radical (unpaired) electrons. The van der Waals surface area contributed by atoms with Gasteiger partial charge in [-0.25, -0.2) is 0 Å². The smallest absolute Gasteiger partial charge is 0.285 e. The molecule has 1 aliphatic carbocycles. The molecule has 7 heteroatoms. The van der Waals surface area contributed by atoms with Gasteiger partial charge < -0.3 is 9.80 Å². The fourth-order valence-corrected chi connectivity index (χ4v) is 5.11. The van der Waals surface area contributed by atoms with Crippen LogP contribution in [0.5, 0.6) is 0 Å². The molecule has 1 saturated carbocycles. The SMILES string of the molecule is O=C(C1CCCC1)N1CCN(C2=NS(=O)(=O)c3ccccc32)CC1. The largest absolute Gasteiger partial charge is 0.352 e. The summed E-state index contributed by atoms with van der Waals surface area (Å²) >= 11 is 0. The van der Waals surface area contributed by atoms with Gasteiger partial charge in [-0.05, 0) is 25.0 Å². The number of amidine groups is 1. The van der Waals surface area contributed by atoms with Crippen molar-refractivity contribution < 1.29 is 13.2 Å². The summed E-state index contributed by atoms with van der Waals surface area (Å²) < 4.78 is 28.3. The second kappa shape index (κ2) is 5.88. The Hall–Kier alpha value is -1.89. The minimum Gasteiger partial charge on any atom is -0.352 e. The summed E-state index contributed by atoms with van der Waals surface area (Å²) in [6.45, 7) is 2.52. The number of carbonyl (C=O) groups is 1. The molecule has 0 atom stereocenters. The van der Waals surface area contributed by atoms with Crippen molar-refractivity contribution in [3.63, 3.8) is 0 Å². The molecule has 24 heavy (non-hydrogen) atoms. The molecule has 2 heterocycles. The summed E-state index contributed by atoms with van der Waals surface area (Å²) in [7, 11) is -3.58. The number of carbonyl (C=O) groups excluding carboxylic acids is 1. The number of hydrogen-bond donors (Lipinski definition) is 0. The fourth-order valence-electron chi connectivity index (χ4n) is 3.89. The van der Waals surface area contributed by atoms with Gasteiger partial charge in [0.2, 0.25) is 5.91 Å². The summed E-state index contributed by atoms with van der Waals surface area (Å²) in [5, 5.41) is 0. The van der Waals surface area contributed by atoms with Gasteiger partial charge in [-0.15, -0.1) is 4.40 Å². The first-order valence-electron chi connectivity index (χ1n) is 8.54. The van der Waals surface area contributed by atoms with E-state index in [4.69, 9.17) is 0 Å². The maximum atomic E-state index is 12.5. The van der Waals surface area contributed by atoms with Crippen molar-refractivity contribution in [2.45, 2.75) is 30.6 Å². The van der Waals surface area contributed by atoms with Crippen LogP contribution in [-0.4, -0.2) is 56.1 Å². The van der Waals surface area contributed by atoms with Crippen molar-refractivity contribution in [1.82, 2.24) is 9.80 Å². The lowest BCUT2D eigenvalue weighted by molar-refractivity contribution is -0.136. The van der Waals surface area contributed by atoms with Crippen molar-refractivity contribution in [3.05, 3.63) is 29.8 Å². The van der Waals surface area contributed by atoms with E-state index in [0.717, 1.165) is 25.7 Å². The average Bonchev–Trinajstić information content (AvgIpc) is 3.22. The van der Waals surface area contributed by atoms with Gasteiger partial charge in [0.15, 0.2) is 5.84 Å². The molecule has 3 aliphatic rings. The van der Waals surface area contributed by atoms with Crippen LogP contribution < -0.4 is 0 Å². The molecule has 1 amide bonds. The summed E-state index contributed by atoms with van der Waals surface area (Å²) in [6.07, 6.45) is 4.33. The van der Waals surface area contributed by atoms with Crippen LogP contribution in [0.2, 0.25) is 0 Å². The van der Waals surface area contributed by atoms with E-state index >= 15 is 0 Å². The molecular weight excluding hydrogens is 326 g/mol. The van der Waals surface area contributed by atoms with E-state index in [1.807, 2.05) is 15.9 Å². The highest BCUT2D eigenvalue weighted by atomic mass is 32.2. The monoisotopic (exact) mass is 347 g/mol. The molecule has 4 rings (SSSR count). The van der Waals surface area contributed by atoms with Crippen molar-refractivity contribution in [3.8, 4) is 0 Å². The zero-order valence-corrected chi connectivity index (χ0v) is 14.3. The van der Waals surface area contributed by atoms with Gasteiger partial charge in [0.05, 0.1) is 0 Å². The van der Waals surface area contributed by atoms with Crippen molar-refractivity contribution in [2.75, 3.05) is 26.2 Å². The quantitative estimate of drug-likeness (QED) is 0.771. The third kappa shape index (κ3) is 2.60. The molecule has 6 nitrogen and oxygen atoms in total. The number of rotatable bonds is 1. The van der Waals surface area contributed by atoms with E-state index in [9.17, 15) is 13.2 Å². The van der Waals surface area contributed by atoms with Crippen LogP contribution in [0.15, 0.2) is 33.6 Å². The number of fused-ring (bicyclic) bond motifs is 1. The van der Waals surface area contributed by atoms with Gasteiger partial charge in [-0.2, -0.15) is 8.42 Å². The Morgan fingerprint density at radius 1 is 1.04 bits per heavy atom. The molecule has 1 aromatic carbocycles. The second-order valence-corrected chi connectivity index (χ2v) is 8.25. The highest BCUT2D eigenvalue weighted by Crippen LogP contribution is 2.29. The molecule has 1 saturated heterocycles. The Morgan fingerprint density at radius 3 is 2.42 bits per heavy atom. The minimum absolute atomic E-state index is 0.196. The highest BCUT2D eigenvalue weighted by molar-refractivity contribution is 7.90. The Morgan fingerprint density at radius 2 is 1.71 bits per heavy atom. The van der Waals surface area contributed by atoms with Gasteiger partial charge in [-0.1, -0.05) is 25.0 Å². The standard InChI is InChI=1S/C17H21N3O3S/c21-17(13-5-1-2-6-13)20-11-9-19(10-12-20)16-14-7-3-4-8-15(14)24(22,23)18-16/h3-4,7-8,13H,1-2,5-6,9-12H2.